The summed E-state index contributed by atoms with van der Waals surface area (Å²) in [4.78, 5) is 38.7. The van der Waals surface area contributed by atoms with Crippen LogP contribution in [0.4, 0.5) is 18.9 Å². The zero-order valence-electron chi connectivity index (χ0n) is 19.4. The Morgan fingerprint density at radius 1 is 0.973 bits per heavy atom. The first-order valence-corrected chi connectivity index (χ1v) is 12.3. The molecule has 0 radical (unpaired) electrons. The van der Waals surface area contributed by atoms with E-state index in [1.807, 2.05) is 40.6 Å². The lowest BCUT2D eigenvalue weighted by Gasteiger charge is -2.34. The molecule has 0 atom stereocenters. The SMILES string of the molecule is O=C(Nc1cccc(CN2CCN(C(=O)c3cccc(Cl)c3)CC2)c1)c1cccs1.O=C(O)C(F)(F)F. The number of amides is 2. The molecule has 37 heavy (non-hydrogen) atoms. The van der Waals surface area contributed by atoms with Gasteiger partial charge in [0.1, 0.15) is 0 Å². The zero-order valence-corrected chi connectivity index (χ0v) is 20.9. The van der Waals surface area contributed by atoms with Crippen molar-refractivity contribution in [1.29, 1.82) is 0 Å². The van der Waals surface area contributed by atoms with Gasteiger partial charge in [0.2, 0.25) is 0 Å². The average molecular weight is 554 g/mol. The molecular formula is C25H23ClF3N3O4S. The van der Waals surface area contributed by atoms with Gasteiger partial charge < -0.3 is 15.3 Å². The number of carboxylic acids is 1. The van der Waals surface area contributed by atoms with Crippen molar-refractivity contribution in [3.05, 3.63) is 87.1 Å². The highest BCUT2D eigenvalue weighted by Crippen LogP contribution is 2.18. The van der Waals surface area contributed by atoms with Crippen molar-refractivity contribution in [3.63, 3.8) is 0 Å². The van der Waals surface area contributed by atoms with Gasteiger partial charge in [-0.25, -0.2) is 4.79 Å². The number of hydrogen-bond acceptors (Lipinski definition) is 5. The second-order valence-corrected chi connectivity index (χ2v) is 9.40. The monoisotopic (exact) mass is 553 g/mol. The molecule has 1 aromatic heterocycles. The highest BCUT2D eigenvalue weighted by atomic mass is 35.5. The van der Waals surface area contributed by atoms with Gasteiger partial charge in [0, 0.05) is 49.0 Å². The molecule has 12 heteroatoms. The van der Waals surface area contributed by atoms with Crippen molar-refractivity contribution in [2.45, 2.75) is 12.7 Å². The third-order valence-corrected chi connectivity index (χ3v) is 6.41. The number of halogens is 4. The van der Waals surface area contributed by atoms with Crippen LogP contribution in [0.1, 0.15) is 25.6 Å². The van der Waals surface area contributed by atoms with Crippen molar-refractivity contribution in [2.75, 3.05) is 31.5 Å². The minimum absolute atomic E-state index is 0.0236. The molecule has 0 aliphatic carbocycles. The summed E-state index contributed by atoms with van der Waals surface area (Å²) in [5.74, 6) is -2.82. The van der Waals surface area contributed by atoms with E-state index in [2.05, 4.69) is 16.3 Å². The molecule has 3 aromatic rings. The largest absolute Gasteiger partial charge is 0.490 e. The molecule has 0 bridgehead atoms. The Morgan fingerprint density at radius 2 is 1.65 bits per heavy atom. The second-order valence-electron chi connectivity index (χ2n) is 8.01. The van der Waals surface area contributed by atoms with E-state index in [4.69, 9.17) is 21.5 Å². The summed E-state index contributed by atoms with van der Waals surface area (Å²) >= 11 is 7.43. The molecule has 1 saturated heterocycles. The number of nitrogens with one attached hydrogen (secondary N) is 1. The molecule has 2 N–H and O–H groups in total. The van der Waals surface area contributed by atoms with Gasteiger partial charge in [-0.3, -0.25) is 14.5 Å². The minimum Gasteiger partial charge on any atom is -0.475 e. The van der Waals surface area contributed by atoms with Crippen LogP contribution in [0.2, 0.25) is 5.02 Å². The Hall–Kier alpha value is -3.41. The zero-order chi connectivity index (χ0) is 27.0. The van der Waals surface area contributed by atoms with Crippen LogP contribution in [0.3, 0.4) is 0 Å². The number of carbonyl (C=O) groups excluding carboxylic acids is 2. The fourth-order valence-electron chi connectivity index (χ4n) is 3.52. The number of rotatable bonds is 5. The number of carbonyl (C=O) groups is 3. The van der Waals surface area contributed by atoms with E-state index in [1.165, 1.54) is 11.3 Å². The smallest absolute Gasteiger partial charge is 0.475 e. The van der Waals surface area contributed by atoms with Gasteiger partial charge in [-0.2, -0.15) is 13.2 Å². The minimum atomic E-state index is -5.08. The molecule has 2 aromatic carbocycles. The first kappa shape index (κ1) is 28.2. The maximum Gasteiger partial charge on any atom is 0.490 e. The van der Waals surface area contributed by atoms with Crippen molar-refractivity contribution in [1.82, 2.24) is 9.80 Å². The Bertz CT molecular complexity index is 1230. The van der Waals surface area contributed by atoms with E-state index in [-0.39, 0.29) is 11.8 Å². The Balaban J connectivity index is 0.000000479. The van der Waals surface area contributed by atoms with Gasteiger partial charge in [-0.1, -0.05) is 35.9 Å². The number of benzene rings is 2. The molecule has 1 aliphatic rings. The van der Waals surface area contributed by atoms with Gasteiger partial charge in [0.25, 0.3) is 11.8 Å². The standard InChI is InChI=1S/C23H22ClN3O2S.C2HF3O2/c24-19-6-2-5-18(15-19)23(29)27-11-9-26(10-12-27)16-17-4-1-7-20(14-17)25-22(28)21-8-3-13-30-21;3-2(4,5)1(6)7/h1-8,13-15H,9-12,16H2,(H,25,28);(H,6,7). The number of nitrogens with zero attached hydrogens (tertiary/aromatic N) is 2. The maximum absolute atomic E-state index is 12.7. The normalized spacial score (nSPS) is 13.9. The predicted molar refractivity (Wildman–Crippen MR) is 135 cm³/mol. The van der Waals surface area contributed by atoms with Crippen LogP contribution in [0.25, 0.3) is 0 Å². The number of thiophene rings is 1. The average Bonchev–Trinajstić information content (AvgIpc) is 3.40. The van der Waals surface area contributed by atoms with E-state index in [0.29, 0.717) is 28.6 Å². The molecule has 1 fully saturated rings. The molecule has 0 spiro atoms. The van der Waals surface area contributed by atoms with E-state index in [9.17, 15) is 22.8 Å². The van der Waals surface area contributed by atoms with Gasteiger partial charge in [-0.15, -0.1) is 11.3 Å². The summed E-state index contributed by atoms with van der Waals surface area (Å²) in [6, 6.07) is 18.7. The summed E-state index contributed by atoms with van der Waals surface area (Å²) in [5, 5.41) is 12.5. The lowest BCUT2D eigenvalue weighted by molar-refractivity contribution is -0.192. The first-order valence-electron chi connectivity index (χ1n) is 11.0. The van der Waals surface area contributed by atoms with Crippen molar-refractivity contribution >= 4 is 46.4 Å². The van der Waals surface area contributed by atoms with Crippen LogP contribution >= 0.6 is 22.9 Å². The van der Waals surface area contributed by atoms with Gasteiger partial charge >= 0.3 is 12.1 Å². The summed E-state index contributed by atoms with van der Waals surface area (Å²) in [7, 11) is 0. The lowest BCUT2D eigenvalue weighted by Crippen LogP contribution is -2.48. The number of anilines is 1. The van der Waals surface area contributed by atoms with Crippen LogP contribution in [0.15, 0.2) is 66.0 Å². The number of alkyl halides is 3. The molecule has 196 valence electrons. The topological polar surface area (TPSA) is 90.0 Å². The summed E-state index contributed by atoms with van der Waals surface area (Å²) < 4.78 is 31.7. The Morgan fingerprint density at radius 3 is 2.24 bits per heavy atom. The quantitative estimate of drug-likeness (QED) is 0.451. The third-order valence-electron chi connectivity index (χ3n) is 5.31. The van der Waals surface area contributed by atoms with Crippen LogP contribution in [-0.4, -0.2) is 65.0 Å². The highest BCUT2D eigenvalue weighted by Gasteiger charge is 2.38. The summed E-state index contributed by atoms with van der Waals surface area (Å²) in [6.45, 7) is 3.75. The van der Waals surface area contributed by atoms with Crippen LogP contribution < -0.4 is 5.32 Å². The van der Waals surface area contributed by atoms with Crippen molar-refractivity contribution < 1.29 is 32.7 Å². The lowest BCUT2D eigenvalue weighted by atomic mass is 10.1. The maximum atomic E-state index is 12.7. The van der Waals surface area contributed by atoms with Crippen LogP contribution in [0, 0.1) is 0 Å². The summed E-state index contributed by atoms with van der Waals surface area (Å²) in [6.07, 6.45) is -5.08. The molecule has 1 aliphatic heterocycles. The number of carboxylic acid groups (broad SMARTS) is 1. The third kappa shape index (κ3) is 8.59. The molecule has 0 saturated carbocycles. The van der Waals surface area contributed by atoms with E-state index in [1.54, 1.807) is 24.3 Å². The molecule has 4 rings (SSSR count). The molecule has 0 unspecified atom stereocenters. The predicted octanol–water partition coefficient (Wildman–Crippen LogP) is 5.25. The van der Waals surface area contributed by atoms with Crippen LogP contribution in [-0.2, 0) is 11.3 Å². The molecule has 2 heterocycles. The molecular weight excluding hydrogens is 531 g/mol. The van der Waals surface area contributed by atoms with Crippen LogP contribution in [0.5, 0.6) is 0 Å². The van der Waals surface area contributed by atoms with Crippen molar-refractivity contribution in [3.8, 4) is 0 Å². The van der Waals surface area contributed by atoms with Gasteiger partial charge in [0.15, 0.2) is 0 Å². The number of hydrogen-bond donors (Lipinski definition) is 2. The summed E-state index contributed by atoms with van der Waals surface area (Å²) in [5.41, 5.74) is 2.56. The second kappa shape index (κ2) is 12.7. The molecule has 7 nitrogen and oxygen atoms in total. The molecule has 2 amide bonds. The first-order chi connectivity index (χ1) is 17.5. The van der Waals surface area contributed by atoms with E-state index >= 15 is 0 Å². The van der Waals surface area contributed by atoms with Crippen molar-refractivity contribution in [2.24, 2.45) is 0 Å². The van der Waals surface area contributed by atoms with Gasteiger partial charge in [-0.05, 0) is 47.3 Å². The highest BCUT2D eigenvalue weighted by molar-refractivity contribution is 7.12. The number of aliphatic carboxylic acids is 1. The van der Waals surface area contributed by atoms with E-state index < -0.39 is 12.1 Å². The Labute approximate surface area is 220 Å². The van der Waals surface area contributed by atoms with E-state index in [0.717, 1.165) is 30.9 Å². The Kier molecular flexibility index (Phi) is 9.67. The fourth-order valence-corrected chi connectivity index (χ4v) is 4.33. The number of piperazine rings is 1. The fraction of sp³-hybridized carbons (Fsp3) is 0.240. The van der Waals surface area contributed by atoms with Gasteiger partial charge in [0.05, 0.1) is 4.88 Å².